The second kappa shape index (κ2) is 5.01. The van der Waals surface area contributed by atoms with Gasteiger partial charge in [-0.2, -0.15) is 0 Å². The molecule has 1 aromatic carbocycles. The highest BCUT2D eigenvalue weighted by molar-refractivity contribution is 5.47. The van der Waals surface area contributed by atoms with E-state index >= 15 is 0 Å². The molecular formula is C14H17O. The third-order valence-corrected chi connectivity index (χ3v) is 2.93. The monoisotopic (exact) mass is 201 g/mol. The molecule has 15 heavy (non-hydrogen) atoms. The highest BCUT2D eigenvalue weighted by Crippen LogP contribution is 2.23. The van der Waals surface area contributed by atoms with Crippen LogP contribution in [0.3, 0.4) is 0 Å². The fourth-order valence-corrected chi connectivity index (χ4v) is 2.03. The normalized spacial score (nSPS) is 17.3. The Kier molecular flexibility index (Phi) is 3.44. The summed E-state index contributed by atoms with van der Waals surface area (Å²) in [6.07, 6.45) is 8.39. The summed E-state index contributed by atoms with van der Waals surface area (Å²) in [5.74, 6) is 0.965. The third-order valence-electron chi connectivity index (χ3n) is 2.93. The molecule has 1 radical (unpaired) electrons. The first-order valence-corrected chi connectivity index (χ1v) is 5.70. The molecule has 1 aliphatic rings. The van der Waals surface area contributed by atoms with E-state index in [1.807, 2.05) is 24.3 Å². The van der Waals surface area contributed by atoms with Crippen molar-refractivity contribution in [3.05, 3.63) is 36.4 Å². The molecule has 0 N–H and O–H groups in total. The molecular weight excluding hydrogens is 184 g/mol. The maximum Gasteiger partial charge on any atom is 0.119 e. The van der Waals surface area contributed by atoms with Crippen molar-refractivity contribution < 1.29 is 4.74 Å². The van der Waals surface area contributed by atoms with Crippen LogP contribution in [0.15, 0.2) is 24.3 Å². The zero-order chi connectivity index (χ0) is 10.5. The van der Waals surface area contributed by atoms with Crippen LogP contribution in [0.5, 0.6) is 5.75 Å². The van der Waals surface area contributed by atoms with E-state index in [9.17, 15) is 0 Å². The summed E-state index contributed by atoms with van der Waals surface area (Å²) < 4.78 is 5.90. The predicted octanol–water partition coefficient (Wildman–Crippen LogP) is 3.84. The van der Waals surface area contributed by atoms with Gasteiger partial charge in [0.05, 0.1) is 6.10 Å². The number of hydrogen-bond acceptors (Lipinski definition) is 1. The average Bonchev–Trinajstić information content (AvgIpc) is 2.31. The van der Waals surface area contributed by atoms with E-state index in [1.54, 1.807) is 6.08 Å². The minimum atomic E-state index is 0.423. The van der Waals surface area contributed by atoms with Crippen LogP contribution in [0.1, 0.15) is 37.7 Å². The Morgan fingerprint density at radius 1 is 1.07 bits per heavy atom. The molecule has 1 heteroatoms. The molecule has 1 aromatic rings. The van der Waals surface area contributed by atoms with E-state index in [-0.39, 0.29) is 0 Å². The zero-order valence-electron chi connectivity index (χ0n) is 8.99. The maximum absolute atomic E-state index is 5.90. The molecule has 1 saturated carbocycles. The summed E-state index contributed by atoms with van der Waals surface area (Å²) in [4.78, 5) is 0. The summed E-state index contributed by atoms with van der Waals surface area (Å²) in [6, 6.07) is 7.96. The second-order valence-electron chi connectivity index (χ2n) is 4.11. The minimum Gasteiger partial charge on any atom is -0.490 e. The lowest BCUT2D eigenvalue weighted by molar-refractivity contribution is 0.155. The molecule has 0 aliphatic heterocycles. The van der Waals surface area contributed by atoms with Gasteiger partial charge < -0.3 is 4.74 Å². The number of ether oxygens (including phenoxy) is 1. The molecule has 1 fully saturated rings. The molecule has 1 aliphatic carbocycles. The van der Waals surface area contributed by atoms with Gasteiger partial charge in [-0.25, -0.2) is 0 Å². The van der Waals surface area contributed by atoms with Crippen LogP contribution in [-0.4, -0.2) is 6.10 Å². The Hall–Kier alpha value is -1.24. The van der Waals surface area contributed by atoms with Crippen LogP contribution in [0.25, 0.3) is 6.08 Å². The molecule has 0 unspecified atom stereocenters. The number of hydrogen-bond donors (Lipinski definition) is 0. The van der Waals surface area contributed by atoms with Crippen molar-refractivity contribution >= 4 is 6.08 Å². The molecule has 0 bridgehead atoms. The summed E-state index contributed by atoms with van der Waals surface area (Å²) in [5.41, 5.74) is 1.03. The van der Waals surface area contributed by atoms with Gasteiger partial charge in [-0.15, -0.1) is 0 Å². The van der Waals surface area contributed by atoms with Crippen LogP contribution in [0.2, 0.25) is 0 Å². The van der Waals surface area contributed by atoms with Crippen LogP contribution < -0.4 is 4.74 Å². The van der Waals surface area contributed by atoms with Crippen LogP contribution >= 0.6 is 0 Å². The Bertz CT molecular complexity index is 307. The predicted molar refractivity (Wildman–Crippen MR) is 62.7 cm³/mol. The quantitative estimate of drug-likeness (QED) is 0.722. The number of benzene rings is 1. The van der Waals surface area contributed by atoms with Gasteiger partial charge in [-0.1, -0.05) is 31.2 Å². The standard InChI is InChI=1S/C14H17O/c1-2-12-8-10-14(11-9-12)15-13-6-4-3-5-7-13/h1-2,8-11,13H,3-7H2. The van der Waals surface area contributed by atoms with E-state index in [0.29, 0.717) is 6.10 Å². The molecule has 0 amide bonds. The lowest BCUT2D eigenvalue weighted by Gasteiger charge is -2.22. The van der Waals surface area contributed by atoms with Gasteiger partial charge in [-0.3, -0.25) is 0 Å². The van der Waals surface area contributed by atoms with Gasteiger partial charge in [0.1, 0.15) is 5.75 Å². The fourth-order valence-electron chi connectivity index (χ4n) is 2.03. The molecule has 0 heterocycles. The minimum absolute atomic E-state index is 0.423. The van der Waals surface area contributed by atoms with Crippen molar-refractivity contribution in [3.8, 4) is 5.75 Å². The first kappa shape index (κ1) is 10.3. The van der Waals surface area contributed by atoms with E-state index in [2.05, 4.69) is 0 Å². The maximum atomic E-state index is 5.90. The van der Waals surface area contributed by atoms with Gasteiger partial charge in [0.2, 0.25) is 0 Å². The first-order chi connectivity index (χ1) is 7.38. The SMILES string of the molecule is [CH]=Cc1ccc(OC2CCCCC2)cc1. The molecule has 0 atom stereocenters. The van der Waals surface area contributed by atoms with E-state index in [1.165, 1.54) is 32.1 Å². The van der Waals surface area contributed by atoms with Crippen molar-refractivity contribution in [1.29, 1.82) is 0 Å². The molecule has 2 rings (SSSR count). The molecule has 0 saturated heterocycles. The van der Waals surface area contributed by atoms with E-state index in [4.69, 9.17) is 11.3 Å². The van der Waals surface area contributed by atoms with Gasteiger partial charge in [0.15, 0.2) is 0 Å². The summed E-state index contributed by atoms with van der Waals surface area (Å²) in [6.45, 7) is 5.42. The Morgan fingerprint density at radius 3 is 2.33 bits per heavy atom. The van der Waals surface area contributed by atoms with Crippen LogP contribution in [-0.2, 0) is 0 Å². The highest BCUT2D eigenvalue weighted by atomic mass is 16.5. The lowest BCUT2D eigenvalue weighted by atomic mass is 9.98. The summed E-state index contributed by atoms with van der Waals surface area (Å²) >= 11 is 0. The van der Waals surface area contributed by atoms with Gasteiger partial charge in [0.25, 0.3) is 0 Å². The van der Waals surface area contributed by atoms with Gasteiger partial charge >= 0.3 is 0 Å². The average molecular weight is 201 g/mol. The van der Waals surface area contributed by atoms with Crippen LogP contribution in [0.4, 0.5) is 0 Å². The smallest absolute Gasteiger partial charge is 0.119 e. The van der Waals surface area contributed by atoms with Crippen LogP contribution in [0, 0.1) is 6.58 Å². The largest absolute Gasteiger partial charge is 0.490 e. The van der Waals surface area contributed by atoms with E-state index < -0.39 is 0 Å². The fraction of sp³-hybridized carbons (Fsp3) is 0.429. The van der Waals surface area contributed by atoms with Crippen molar-refractivity contribution in [1.82, 2.24) is 0 Å². The number of rotatable bonds is 3. The molecule has 1 nitrogen and oxygen atoms in total. The Morgan fingerprint density at radius 2 is 1.73 bits per heavy atom. The van der Waals surface area contributed by atoms with Crippen molar-refractivity contribution in [2.45, 2.75) is 38.2 Å². The Balaban J connectivity index is 1.94. The van der Waals surface area contributed by atoms with E-state index in [0.717, 1.165) is 11.3 Å². The highest BCUT2D eigenvalue weighted by Gasteiger charge is 2.14. The zero-order valence-corrected chi connectivity index (χ0v) is 8.99. The first-order valence-electron chi connectivity index (χ1n) is 5.70. The molecule has 0 aromatic heterocycles. The molecule has 79 valence electrons. The topological polar surface area (TPSA) is 9.23 Å². The van der Waals surface area contributed by atoms with Crippen molar-refractivity contribution in [2.24, 2.45) is 0 Å². The van der Waals surface area contributed by atoms with Gasteiger partial charge in [-0.05, 0) is 43.4 Å². The second-order valence-corrected chi connectivity index (χ2v) is 4.11. The van der Waals surface area contributed by atoms with Crippen molar-refractivity contribution in [3.63, 3.8) is 0 Å². The summed E-state index contributed by atoms with van der Waals surface area (Å²) in [5, 5.41) is 0. The summed E-state index contributed by atoms with van der Waals surface area (Å²) in [7, 11) is 0. The molecule has 0 spiro atoms. The Labute approximate surface area is 91.8 Å². The van der Waals surface area contributed by atoms with Crippen molar-refractivity contribution in [2.75, 3.05) is 0 Å². The van der Waals surface area contributed by atoms with Gasteiger partial charge in [0, 0.05) is 0 Å². The third kappa shape index (κ3) is 2.85. The lowest BCUT2D eigenvalue weighted by Crippen LogP contribution is -2.19.